The van der Waals surface area contributed by atoms with Crippen LogP contribution in [-0.4, -0.2) is 17.1 Å². The van der Waals surface area contributed by atoms with Crippen LogP contribution in [0.2, 0.25) is 0 Å². The van der Waals surface area contributed by atoms with Crippen molar-refractivity contribution in [2.24, 2.45) is 5.92 Å². The van der Waals surface area contributed by atoms with Crippen LogP contribution in [0, 0.1) is 23.1 Å². The van der Waals surface area contributed by atoms with E-state index in [1.807, 2.05) is 0 Å². The Kier molecular flexibility index (Phi) is 3.55. The number of aromatic nitrogens is 1. The lowest BCUT2D eigenvalue weighted by molar-refractivity contribution is -0.117. The number of hydrogen-bond acceptors (Lipinski definition) is 3. The van der Waals surface area contributed by atoms with Gasteiger partial charge in [0.15, 0.2) is 0 Å². The number of nitrogens with zero attached hydrogens (tertiary/aromatic N) is 2. The second-order valence-electron chi connectivity index (χ2n) is 5.08. The number of rotatable bonds is 3. The Morgan fingerprint density at radius 2 is 2.05 bits per heavy atom. The molecular weight excluding hydrogens is 288 g/mol. The Hall–Kier alpha value is -2.81. The number of alkyl halides is 1. The van der Waals surface area contributed by atoms with Gasteiger partial charge in [-0.05, 0) is 41.8 Å². The molecule has 1 aliphatic rings. The van der Waals surface area contributed by atoms with Crippen molar-refractivity contribution in [1.82, 2.24) is 4.98 Å². The molecule has 0 bridgehead atoms. The van der Waals surface area contributed by atoms with E-state index in [0.717, 1.165) is 0 Å². The predicted molar refractivity (Wildman–Crippen MR) is 76.0 cm³/mol. The van der Waals surface area contributed by atoms with Crippen LogP contribution in [0.15, 0.2) is 36.5 Å². The lowest BCUT2D eigenvalue weighted by Crippen LogP contribution is -2.15. The average molecular weight is 299 g/mol. The Labute approximate surface area is 125 Å². The zero-order valence-corrected chi connectivity index (χ0v) is 11.4. The van der Waals surface area contributed by atoms with E-state index < -0.39 is 23.8 Å². The van der Waals surface area contributed by atoms with Crippen LogP contribution in [0.3, 0.4) is 0 Å². The van der Waals surface area contributed by atoms with Crippen LogP contribution >= 0.6 is 0 Å². The second-order valence-corrected chi connectivity index (χ2v) is 5.08. The van der Waals surface area contributed by atoms with Gasteiger partial charge in [0.25, 0.3) is 0 Å². The molecule has 1 aliphatic carbocycles. The fourth-order valence-electron chi connectivity index (χ4n) is 2.12. The van der Waals surface area contributed by atoms with Gasteiger partial charge in [0.2, 0.25) is 5.91 Å². The van der Waals surface area contributed by atoms with Crippen LogP contribution in [0.25, 0.3) is 11.1 Å². The van der Waals surface area contributed by atoms with Crippen LogP contribution in [-0.2, 0) is 4.79 Å². The Morgan fingerprint density at radius 3 is 2.73 bits per heavy atom. The van der Waals surface area contributed by atoms with Gasteiger partial charge in [-0.2, -0.15) is 5.26 Å². The molecule has 0 aliphatic heterocycles. The first-order chi connectivity index (χ1) is 10.6. The van der Waals surface area contributed by atoms with E-state index in [0.29, 0.717) is 16.9 Å². The fourth-order valence-corrected chi connectivity index (χ4v) is 2.12. The highest BCUT2D eigenvalue weighted by atomic mass is 19.1. The third kappa shape index (κ3) is 2.79. The molecule has 22 heavy (non-hydrogen) atoms. The van der Waals surface area contributed by atoms with E-state index in [1.165, 1.54) is 24.4 Å². The van der Waals surface area contributed by atoms with Crippen molar-refractivity contribution >= 4 is 11.7 Å². The van der Waals surface area contributed by atoms with Crippen molar-refractivity contribution in [3.8, 4) is 17.2 Å². The summed E-state index contributed by atoms with van der Waals surface area (Å²) in [6.45, 7) is 0. The van der Waals surface area contributed by atoms with Crippen molar-refractivity contribution in [1.29, 1.82) is 5.26 Å². The SMILES string of the molecule is N#Cc1cc(-c2ccnc(NC(=O)[C@@H]3C[C@@H]3F)c2)ccc1F. The molecule has 1 N–H and O–H groups in total. The molecule has 1 saturated carbocycles. The number of pyridine rings is 1. The van der Waals surface area contributed by atoms with Gasteiger partial charge in [-0.3, -0.25) is 4.79 Å². The number of benzene rings is 1. The largest absolute Gasteiger partial charge is 0.310 e. The topological polar surface area (TPSA) is 65.8 Å². The summed E-state index contributed by atoms with van der Waals surface area (Å²) in [5.74, 6) is -1.28. The van der Waals surface area contributed by atoms with E-state index >= 15 is 0 Å². The molecule has 1 aromatic carbocycles. The average Bonchev–Trinajstić information content (AvgIpc) is 3.25. The minimum Gasteiger partial charge on any atom is -0.310 e. The van der Waals surface area contributed by atoms with Gasteiger partial charge < -0.3 is 5.32 Å². The molecule has 0 spiro atoms. The monoisotopic (exact) mass is 299 g/mol. The fraction of sp³-hybridized carbons (Fsp3) is 0.188. The lowest BCUT2D eigenvalue weighted by atomic mass is 10.0. The summed E-state index contributed by atoms with van der Waals surface area (Å²) in [5, 5.41) is 11.4. The quantitative estimate of drug-likeness (QED) is 0.947. The number of nitriles is 1. The van der Waals surface area contributed by atoms with Gasteiger partial charge in [0.1, 0.15) is 23.9 Å². The molecule has 1 fully saturated rings. The molecule has 6 heteroatoms. The molecule has 2 atom stereocenters. The zero-order chi connectivity index (χ0) is 15.7. The maximum atomic E-state index is 13.3. The van der Waals surface area contributed by atoms with Crippen LogP contribution < -0.4 is 5.32 Å². The predicted octanol–water partition coefficient (Wildman–Crippen LogP) is 3.06. The van der Waals surface area contributed by atoms with E-state index in [2.05, 4.69) is 10.3 Å². The first kappa shape index (κ1) is 14.1. The number of anilines is 1. The third-order valence-corrected chi connectivity index (χ3v) is 3.48. The number of nitrogens with one attached hydrogen (secondary N) is 1. The first-order valence-corrected chi connectivity index (χ1v) is 6.69. The number of carbonyl (C=O) groups excluding carboxylic acids is 1. The standard InChI is InChI=1S/C16H11F2N3O/c17-13-2-1-9(5-11(13)8-19)10-3-4-20-15(6-10)21-16(22)12-7-14(12)18/h1-6,12,14H,7H2,(H,20,21,22)/t12-,14+/m1/s1. The van der Waals surface area contributed by atoms with Crippen molar-refractivity contribution < 1.29 is 13.6 Å². The van der Waals surface area contributed by atoms with Crippen LogP contribution in [0.4, 0.5) is 14.6 Å². The molecule has 0 radical (unpaired) electrons. The molecule has 110 valence electrons. The number of hydrogen-bond donors (Lipinski definition) is 1. The molecule has 0 unspecified atom stereocenters. The van der Waals surface area contributed by atoms with Crippen LogP contribution in [0.5, 0.6) is 0 Å². The maximum absolute atomic E-state index is 13.3. The summed E-state index contributed by atoms with van der Waals surface area (Å²) < 4.78 is 26.2. The molecule has 4 nitrogen and oxygen atoms in total. The normalized spacial score (nSPS) is 19.3. The van der Waals surface area contributed by atoms with E-state index in [-0.39, 0.29) is 12.0 Å². The highest BCUT2D eigenvalue weighted by Gasteiger charge is 2.43. The summed E-state index contributed by atoms with van der Waals surface area (Å²) >= 11 is 0. The van der Waals surface area contributed by atoms with Crippen molar-refractivity contribution in [3.63, 3.8) is 0 Å². The molecule has 3 rings (SSSR count). The molecule has 1 amide bonds. The second kappa shape index (κ2) is 5.53. The third-order valence-electron chi connectivity index (χ3n) is 3.48. The van der Waals surface area contributed by atoms with Gasteiger partial charge in [-0.15, -0.1) is 0 Å². The van der Waals surface area contributed by atoms with Crippen molar-refractivity contribution in [2.75, 3.05) is 5.32 Å². The van der Waals surface area contributed by atoms with Gasteiger partial charge in [-0.25, -0.2) is 13.8 Å². The Balaban J connectivity index is 1.85. The summed E-state index contributed by atoms with van der Waals surface area (Å²) in [6, 6.07) is 9.23. The van der Waals surface area contributed by atoms with E-state index in [9.17, 15) is 13.6 Å². The minimum atomic E-state index is -1.07. The van der Waals surface area contributed by atoms with Crippen molar-refractivity contribution in [2.45, 2.75) is 12.6 Å². The first-order valence-electron chi connectivity index (χ1n) is 6.69. The molecule has 1 heterocycles. The summed E-state index contributed by atoms with van der Waals surface area (Å²) in [4.78, 5) is 15.7. The highest BCUT2D eigenvalue weighted by Crippen LogP contribution is 2.34. The zero-order valence-electron chi connectivity index (χ0n) is 11.4. The lowest BCUT2D eigenvalue weighted by Gasteiger charge is -2.07. The molecule has 2 aromatic rings. The Bertz CT molecular complexity index is 785. The number of amides is 1. The number of carbonyl (C=O) groups is 1. The Morgan fingerprint density at radius 1 is 1.32 bits per heavy atom. The van der Waals surface area contributed by atoms with E-state index in [4.69, 9.17) is 5.26 Å². The highest BCUT2D eigenvalue weighted by molar-refractivity contribution is 5.94. The minimum absolute atomic E-state index is 0.0573. The molecule has 1 aromatic heterocycles. The molecular formula is C16H11F2N3O. The number of halogens is 2. The van der Waals surface area contributed by atoms with Crippen molar-refractivity contribution in [3.05, 3.63) is 47.9 Å². The summed E-state index contributed by atoms with van der Waals surface area (Å²) in [7, 11) is 0. The van der Waals surface area contributed by atoms with Gasteiger partial charge >= 0.3 is 0 Å². The maximum Gasteiger partial charge on any atom is 0.231 e. The van der Waals surface area contributed by atoms with E-state index in [1.54, 1.807) is 18.2 Å². The molecule has 0 saturated heterocycles. The summed E-state index contributed by atoms with van der Waals surface area (Å²) in [5.41, 5.74) is 1.25. The van der Waals surface area contributed by atoms with Crippen LogP contribution in [0.1, 0.15) is 12.0 Å². The van der Waals surface area contributed by atoms with Gasteiger partial charge in [0.05, 0.1) is 11.5 Å². The van der Waals surface area contributed by atoms with Gasteiger partial charge in [0, 0.05) is 6.20 Å². The van der Waals surface area contributed by atoms with Gasteiger partial charge in [-0.1, -0.05) is 6.07 Å². The smallest absolute Gasteiger partial charge is 0.231 e. The summed E-state index contributed by atoms with van der Waals surface area (Å²) in [6.07, 6.45) is 0.660.